The maximum Gasteiger partial charge on any atom is 0.407 e. The number of thioether (sulfide) groups is 1. The molecule has 28 heavy (non-hydrogen) atoms. The number of alkyl carbamates (subject to hydrolysis) is 1. The second-order valence-electron chi connectivity index (χ2n) is 8.01. The topological polar surface area (TPSA) is 66.8 Å². The highest BCUT2D eigenvalue weighted by Crippen LogP contribution is 2.18. The number of pyridine rings is 1. The molecule has 0 spiro atoms. The molecular formula is C21H34N4O2S. The van der Waals surface area contributed by atoms with Gasteiger partial charge < -0.3 is 15.0 Å². The standard InChI is InChI=1S/C21H34N4O2S/c1-5-22-19(18-8-6-7-11-23-18)28-15-14-25-12-9-17(10-13-25)16-24-20(26)27-21(2,3)4/h6-8,11,17H,5,9-10,12-16H2,1-4H3,(H,24,26). The lowest BCUT2D eigenvalue weighted by molar-refractivity contribution is 0.0510. The van der Waals surface area contributed by atoms with Gasteiger partial charge in [0.05, 0.1) is 5.69 Å². The third-order valence-electron chi connectivity index (χ3n) is 4.47. The van der Waals surface area contributed by atoms with Gasteiger partial charge in [0.1, 0.15) is 10.6 Å². The van der Waals surface area contributed by atoms with E-state index in [1.54, 1.807) is 11.8 Å². The molecule has 0 radical (unpaired) electrons. The largest absolute Gasteiger partial charge is 0.444 e. The van der Waals surface area contributed by atoms with Gasteiger partial charge in [-0.2, -0.15) is 0 Å². The molecular weight excluding hydrogens is 372 g/mol. The first-order chi connectivity index (χ1) is 13.4. The highest BCUT2D eigenvalue weighted by atomic mass is 32.2. The summed E-state index contributed by atoms with van der Waals surface area (Å²) in [6, 6.07) is 5.95. The minimum atomic E-state index is -0.444. The van der Waals surface area contributed by atoms with Crippen LogP contribution in [0.1, 0.15) is 46.2 Å². The first-order valence-electron chi connectivity index (χ1n) is 10.1. The summed E-state index contributed by atoms with van der Waals surface area (Å²) in [6.45, 7) is 12.4. The quantitative estimate of drug-likeness (QED) is 0.551. The average molecular weight is 407 g/mol. The van der Waals surface area contributed by atoms with E-state index in [1.807, 2.05) is 45.2 Å². The van der Waals surface area contributed by atoms with Crippen molar-refractivity contribution in [3.05, 3.63) is 30.1 Å². The Bertz CT molecular complexity index is 623. The molecule has 1 aromatic heterocycles. The molecule has 2 rings (SSSR count). The van der Waals surface area contributed by atoms with Crippen molar-refractivity contribution in [2.45, 2.75) is 46.1 Å². The number of carbonyl (C=O) groups excluding carboxylic acids is 1. The first kappa shape index (κ1) is 22.7. The van der Waals surface area contributed by atoms with Crippen LogP contribution in [0.5, 0.6) is 0 Å². The maximum absolute atomic E-state index is 11.8. The second-order valence-corrected chi connectivity index (χ2v) is 9.09. The highest BCUT2D eigenvalue weighted by molar-refractivity contribution is 8.14. The minimum Gasteiger partial charge on any atom is -0.444 e. The molecule has 7 heteroatoms. The lowest BCUT2D eigenvalue weighted by atomic mass is 9.97. The number of likely N-dealkylation sites (tertiary alicyclic amines) is 1. The number of piperidine rings is 1. The summed E-state index contributed by atoms with van der Waals surface area (Å²) in [4.78, 5) is 23.3. The van der Waals surface area contributed by atoms with Crippen LogP contribution in [0.3, 0.4) is 0 Å². The van der Waals surface area contributed by atoms with Crippen molar-refractivity contribution in [3.63, 3.8) is 0 Å². The molecule has 0 atom stereocenters. The van der Waals surface area contributed by atoms with Crippen LogP contribution >= 0.6 is 11.8 Å². The summed E-state index contributed by atoms with van der Waals surface area (Å²) in [5, 5.41) is 3.93. The normalized spacial score (nSPS) is 16.8. The molecule has 0 bridgehead atoms. The smallest absolute Gasteiger partial charge is 0.407 e. The van der Waals surface area contributed by atoms with Gasteiger partial charge in [0.2, 0.25) is 0 Å². The third kappa shape index (κ3) is 8.61. The van der Waals surface area contributed by atoms with Crippen LogP contribution in [0.4, 0.5) is 4.79 Å². The van der Waals surface area contributed by atoms with Gasteiger partial charge in [0.15, 0.2) is 0 Å². The Kier molecular flexibility index (Phi) is 9.25. The SMILES string of the molecule is CCN=C(SCCN1CCC(CNC(=O)OC(C)(C)C)CC1)c1ccccn1. The van der Waals surface area contributed by atoms with Crippen molar-refractivity contribution in [1.29, 1.82) is 0 Å². The summed E-state index contributed by atoms with van der Waals surface area (Å²) >= 11 is 1.79. The van der Waals surface area contributed by atoms with Crippen LogP contribution in [0.2, 0.25) is 0 Å². The summed E-state index contributed by atoms with van der Waals surface area (Å²) in [6.07, 6.45) is 3.72. The van der Waals surface area contributed by atoms with Gasteiger partial charge in [-0.1, -0.05) is 6.07 Å². The number of carbonyl (C=O) groups is 1. The van der Waals surface area contributed by atoms with Gasteiger partial charge in [-0.15, -0.1) is 11.8 Å². The van der Waals surface area contributed by atoms with E-state index in [4.69, 9.17) is 4.74 Å². The van der Waals surface area contributed by atoms with Crippen LogP contribution < -0.4 is 5.32 Å². The fourth-order valence-electron chi connectivity index (χ4n) is 3.06. The molecule has 1 aromatic rings. The zero-order valence-electron chi connectivity index (χ0n) is 17.6. The zero-order chi connectivity index (χ0) is 20.4. The number of nitrogens with one attached hydrogen (secondary N) is 1. The first-order valence-corrected chi connectivity index (χ1v) is 11.1. The van der Waals surface area contributed by atoms with Gasteiger partial charge in [-0.3, -0.25) is 9.98 Å². The Morgan fingerprint density at radius 1 is 1.36 bits per heavy atom. The van der Waals surface area contributed by atoms with Gasteiger partial charge in [-0.05, 0) is 71.7 Å². The fraction of sp³-hybridized carbons (Fsp3) is 0.667. The van der Waals surface area contributed by atoms with E-state index in [-0.39, 0.29) is 6.09 Å². The predicted octanol–water partition coefficient (Wildman–Crippen LogP) is 3.82. The predicted molar refractivity (Wildman–Crippen MR) is 117 cm³/mol. The highest BCUT2D eigenvalue weighted by Gasteiger charge is 2.21. The summed E-state index contributed by atoms with van der Waals surface area (Å²) in [5.74, 6) is 1.54. The molecule has 1 aliphatic rings. The van der Waals surface area contributed by atoms with Gasteiger partial charge in [0, 0.05) is 31.6 Å². The number of aliphatic imine (C=N–C) groups is 1. The molecule has 1 N–H and O–H groups in total. The van der Waals surface area contributed by atoms with E-state index >= 15 is 0 Å². The van der Waals surface area contributed by atoms with E-state index < -0.39 is 5.60 Å². The average Bonchev–Trinajstić information content (AvgIpc) is 2.66. The summed E-state index contributed by atoms with van der Waals surface area (Å²) in [5.41, 5.74) is 0.515. The Morgan fingerprint density at radius 2 is 2.11 bits per heavy atom. The third-order valence-corrected chi connectivity index (χ3v) is 5.47. The van der Waals surface area contributed by atoms with Crippen LogP contribution in [-0.2, 0) is 4.74 Å². The Morgan fingerprint density at radius 3 is 2.71 bits per heavy atom. The van der Waals surface area contributed by atoms with Crippen molar-refractivity contribution >= 4 is 22.9 Å². The van der Waals surface area contributed by atoms with E-state index in [0.717, 1.165) is 55.5 Å². The van der Waals surface area contributed by atoms with E-state index in [9.17, 15) is 4.79 Å². The number of hydrogen-bond acceptors (Lipinski definition) is 6. The van der Waals surface area contributed by atoms with E-state index in [2.05, 4.69) is 27.1 Å². The molecule has 2 heterocycles. The Balaban J connectivity index is 1.66. The van der Waals surface area contributed by atoms with Crippen molar-refractivity contribution in [2.24, 2.45) is 10.9 Å². The summed E-state index contributed by atoms with van der Waals surface area (Å²) < 4.78 is 5.30. The molecule has 1 fully saturated rings. The number of aromatic nitrogens is 1. The van der Waals surface area contributed by atoms with Crippen LogP contribution in [0.15, 0.2) is 29.4 Å². The number of ether oxygens (including phenoxy) is 1. The molecule has 1 saturated heterocycles. The zero-order valence-corrected chi connectivity index (χ0v) is 18.4. The number of nitrogens with zero attached hydrogens (tertiary/aromatic N) is 3. The molecule has 0 unspecified atom stereocenters. The number of rotatable bonds is 7. The molecule has 1 amide bonds. The lowest BCUT2D eigenvalue weighted by Gasteiger charge is -2.32. The summed E-state index contributed by atoms with van der Waals surface area (Å²) in [7, 11) is 0. The fourth-order valence-corrected chi connectivity index (χ4v) is 4.09. The second kappa shape index (κ2) is 11.4. The van der Waals surface area contributed by atoms with Crippen molar-refractivity contribution in [2.75, 3.05) is 38.5 Å². The maximum atomic E-state index is 11.8. The van der Waals surface area contributed by atoms with Crippen LogP contribution in [0.25, 0.3) is 0 Å². The van der Waals surface area contributed by atoms with Gasteiger partial charge >= 0.3 is 6.09 Å². The van der Waals surface area contributed by atoms with E-state index in [0.29, 0.717) is 12.5 Å². The van der Waals surface area contributed by atoms with Crippen molar-refractivity contribution < 1.29 is 9.53 Å². The number of hydrogen-bond donors (Lipinski definition) is 1. The molecule has 0 aromatic carbocycles. The molecule has 1 aliphatic heterocycles. The van der Waals surface area contributed by atoms with Gasteiger partial charge in [0.25, 0.3) is 0 Å². The van der Waals surface area contributed by atoms with Crippen LogP contribution in [-0.4, -0.2) is 65.1 Å². The van der Waals surface area contributed by atoms with E-state index in [1.165, 1.54) is 0 Å². The van der Waals surface area contributed by atoms with Crippen molar-refractivity contribution in [1.82, 2.24) is 15.2 Å². The molecule has 0 saturated carbocycles. The Hall–Kier alpha value is -1.60. The minimum absolute atomic E-state index is 0.316. The molecule has 156 valence electrons. The van der Waals surface area contributed by atoms with Gasteiger partial charge in [-0.25, -0.2) is 4.79 Å². The monoisotopic (exact) mass is 406 g/mol. The Labute approximate surface area is 173 Å². The molecule has 6 nitrogen and oxygen atoms in total. The van der Waals surface area contributed by atoms with Crippen molar-refractivity contribution in [3.8, 4) is 0 Å². The lowest BCUT2D eigenvalue weighted by Crippen LogP contribution is -2.40. The molecule has 0 aliphatic carbocycles. The van der Waals surface area contributed by atoms with Crippen LogP contribution in [0, 0.1) is 5.92 Å². The number of amides is 1.